The van der Waals surface area contributed by atoms with Crippen molar-refractivity contribution in [3.63, 3.8) is 0 Å². The Balaban J connectivity index is 1.54. The van der Waals surface area contributed by atoms with Crippen molar-refractivity contribution in [3.8, 4) is 0 Å². The molecule has 0 spiro atoms. The molecule has 0 aliphatic carbocycles. The van der Waals surface area contributed by atoms with Crippen LogP contribution in [0.25, 0.3) is 0 Å². The van der Waals surface area contributed by atoms with Crippen molar-refractivity contribution in [3.05, 3.63) is 34.9 Å². The van der Waals surface area contributed by atoms with Crippen LogP contribution in [0.3, 0.4) is 0 Å². The van der Waals surface area contributed by atoms with Crippen LogP contribution in [0.5, 0.6) is 0 Å². The van der Waals surface area contributed by atoms with Crippen LogP contribution in [0.1, 0.15) is 47.2 Å². The topological polar surface area (TPSA) is 41.6 Å². The molecule has 1 aromatic rings. The third kappa shape index (κ3) is 4.76. The third-order valence-corrected chi connectivity index (χ3v) is 5.22. The summed E-state index contributed by atoms with van der Waals surface area (Å²) < 4.78 is 44.3. The van der Waals surface area contributed by atoms with Crippen molar-refractivity contribution in [2.75, 3.05) is 26.2 Å². The lowest BCUT2D eigenvalue weighted by molar-refractivity contribution is -0.137. The predicted molar refractivity (Wildman–Crippen MR) is 92.1 cm³/mol. The number of ether oxygens (including phenoxy) is 1. The monoisotopic (exact) mass is 370 g/mol. The van der Waals surface area contributed by atoms with Crippen molar-refractivity contribution in [2.45, 2.75) is 50.9 Å². The van der Waals surface area contributed by atoms with Crippen molar-refractivity contribution in [1.29, 1.82) is 0 Å². The summed E-state index contributed by atoms with van der Waals surface area (Å²) in [4.78, 5) is 14.8. The Kier molecular flexibility index (Phi) is 5.87. The predicted octanol–water partition coefficient (Wildman–Crippen LogP) is 3.39. The second-order valence-corrected chi connectivity index (χ2v) is 7.21. The number of likely N-dealkylation sites (tertiary alicyclic amines) is 1. The van der Waals surface area contributed by atoms with Crippen LogP contribution in [0, 0.1) is 6.92 Å². The SMILES string of the molecule is Cc1ccc(C(F)(F)F)cc1C(=O)NC1CCN(C[C@@H]2CCCO2)CC1. The highest BCUT2D eigenvalue weighted by atomic mass is 19.4. The van der Waals surface area contributed by atoms with Crippen molar-refractivity contribution in [1.82, 2.24) is 10.2 Å². The van der Waals surface area contributed by atoms with Crippen LogP contribution in [-0.2, 0) is 10.9 Å². The number of benzene rings is 1. The van der Waals surface area contributed by atoms with Gasteiger partial charge in [-0.05, 0) is 50.3 Å². The number of nitrogens with zero attached hydrogens (tertiary/aromatic N) is 1. The summed E-state index contributed by atoms with van der Waals surface area (Å²) in [6.07, 6.45) is -0.309. The summed E-state index contributed by atoms with van der Waals surface area (Å²) >= 11 is 0. The van der Waals surface area contributed by atoms with E-state index in [1.807, 2.05) is 0 Å². The van der Waals surface area contributed by atoms with Crippen molar-refractivity contribution >= 4 is 5.91 Å². The van der Waals surface area contributed by atoms with Crippen molar-refractivity contribution < 1.29 is 22.7 Å². The molecule has 1 amide bonds. The normalized spacial score (nSPS) is 22.5. The van der Waals surface area contributed by atoms with Crippen LogP contribution in [-0.4, -0.2) is 49.2 Å². The first kappa shape index (κ1) is 19.2. The Labute approximate surface area is 151 Å². The molecule has 2 heterocycles. The molecule has 1 aromatic carbocycles. The molecular weight excluding hydrogens is 345 g/mol. The van der Waals surface area contributed by atoms with Gasteiger partial charge in [-0.15, -0.1) is 0 Å². The van der Waals surface area contributed by atoms with Gasteiger partial charge in [-0.25, -0.2) is 0 Å². The lowest BCUT2D eigenvalue weighted by Crippen LogP contribution is -2.46. The van der Waals surface area contributed by atoms with Gasteiger partial charge in [-0.3, -0.25) is 4.79 Å². The second-order valence-electron chi connectivity index (χ2n) is 7.21. The lowest BCUT2D eigenvalue weighted by atomic mass is 10.0. The zero-order valence-corrected chi connectivity index (χ0v) is 14.9. The number of carbonyl (C=O) groups excluding carboxylic acids is 1. The molecule has 144 valence electrons. The molecular formula is C19H25F3N2O2. The average molecular weight is 370 g/mol. The summed E-state index contributed by atoms with van der Waals surface area (Å²) in [5.74, 6) is -0.425. The maximum absolute atomic E-state index is 12.9. The first-order chi connectivity index (χ1) is 12.3. The molecule has 0 saturated carbocycles. The van der Waals surface area contributed by atoms with Crippen LogP contribution in [0.15, 0.2) is 18.2 Å². The highest BCUT2D eigenvalue weighted by Gasteiger charge is 2.32. The molecule has 2 aliphatic heterocycles. The number of piperidine rings is 1. The van der Waals surface area contributed by atoms with Crippen LogP contribution >= 0.6 is 0 Å². The first-order valence-corrected chi connectivity index (χ1v) is 9.15. The number of carbonyl (C=O) groups is 1. The average Bonchev–Trinajstić information content (AvgIpc) is 3.09. The van der Waals surface area contributed by atoms with E-state index in [-0.39, 0.29) is 11.6 Å². The van der Waals surface area contributed by atoms with Gasteiger partial charge < -0.3 is 15.0 Å². The number of aryl methyl sites for hydroxylation is 1. The van der Waals surface area contributed by atoms with E-state index >= 15 is 0 Å². The molecule has 2 fully saturated rings. The van der Waals surface area contributed by atoms with Crippen molar-refractivity contribution in [2.24, 2.45) is 0 Å². The van der Waals surface area contributed by atoms with Gasteiger partial charge in [0, 0.05) is 37.8 Å². The molecule has 1 atom stereocenters. The summed E-state index contributed by atoms with van der Waals surface area (Å²) in [7, 11) is 0. The second kappa shape index (κ2) is 7.96. The maximum atomic E-state index is 12.9. The number of alkyl halides is 3. The van der Waals surface area contributed by atoms with Gasteiger partial charge in [0.1, 0.15) is 0 Å². The maximum Gasteiger partial charge on any atom is 0.416 e. The highest BCUT2D eigenvalue weighted by molar-refractivity contribution is 5.96. The molecule has 1 N–H and O–H groups in total. The number of rotatable bonds is 4. The fraction of sp³-hybridized carbons (Fsp3) is 0.632. The minimum absolute atomic E-state index is 0.00260. The van der Waals surface area contributed by atoms with Gasteiger partial charge in [0.15, 0.2) is 0 Å². The van der Waals surface area contributed by atoms with E-state index in [2.05, 4.69) is 10.2 Å². The quantitative estimate of drug-likeness (QED) is 0.883. The fourth-order valence-electron chi connectivity index (χ4n) is 3.64. The van der Waals surface area contributed by atoms with Crippen LogP contribution in [0.4, 0.5) is 13.2 Å². The zero-order valence-electron chi connectivity index (χ0n) is 14.9. The molecule has 0 aromatic heterocycles. The Morgan fingerprint density at radius 3 is 2.62 bits per heavy atom. The molecule has 4 nitrogen and oxygen atoms in total. The Morgan fingerprint density at radius 1 is 1.27 bits per heavy atom. The highest BCUT2D eigenvalue weighted by Crippen LogP contribution is 2.30. The number of hydrogen-bond acceptors (Lipinski definition) is 3. The van der Waals surface area contributed by atoms with Gasteiger partial charge in [0.05, 0.1) is 11.7 Å². The lowest BCUT2D eigenvalue weighted by Gasteiger charge is -2.33. The molecule has 2 saturated heterocycles. The standard InChI is InChI=1S/C19H25F3N2O2/c1-13-4-5-14(19(20,21)22)11-17(13)18(25)23-15-6-8-24(9-7-15)12-16-3-2-10-26-16/h4-5,11,15-16H,2-3,6-10,12H2,1H3,(H,23,25)/t16-/m0/s1. The summed E-state index contributed by atoms with van der Waals surface area (Å²) in [5, 5.41) is 2.90. The summed E-state index contributed by atoms with van der Waals surface area (Å²) in [6.45, 7) is 5.15. The molecule has 26 heavy (non-hydrogen) atoms. The van der Waals surface area contributed by atoms with Gasteiger partial charge in [-0.2, -0.15) is 13.2 Å². The third-order valence-electron chi connectivity index (χ3n) is 5.22. The summed E-state index contributed by atoms with van der Waals surface area (Å²) in [6, 6.07) is 3.30. The van der Waals surface area contributed by atoms with E-state index in [0.29, 0.717) is 11.7 Å². The summed E-state index contributed by atoms with van der Waals surface area (Å²) in [5.41, 5.74) is -0.146. The molecule has 0 unspecified atom stereocenters. The smallest absolute Gasteiger partial charge is 0.377 e. The van der Waals surface area contributed by atoms with Gasteiger partial charge in [0.25, 0.3) is 5.91 Å². The zero-order chi connectivity index (χ0) is 18.7. The van der Waals surface area contributed by atoms with E-state index in [0.717, 1.165) is 64.1 Å². The van der Waals surface area contributed by atoms with Gasteiger partial charge >= 0.3 is 6.18 Å². The van der Waals surface area contributed by atoms with E-state index in [1.165, 1.54) is 6.07 Å². The molecule has 2 aliphatic rings. The van der Waals surface area contributed by atoms with E-state index in [9.17, 15) is 18.0 Å². The van der Waals surface area contributed by atoms with E-state index in [4.69, 9.17) is 4.74 Å². The number of hydrogen-bond donors (Lipinski definition) is 1. The molecule has 0 bridgehead atoms. The van der Waals surface area contributed by atoms with E-state index < -0.39 is 17.6 Å². The minimum Gasteiger partial charge on any atom is -0.377 e. The fourth-order valence-corrected chi connectivity index (χ4v) is 3.64. The van der Waals surface area contributed by atoms with Gasteiger partial charge in [-0.1, -0.05) is 6.07 Å². The Hall–Kier alpha value is -1.60. The Morgan fingerprint density at radius 2 is 2.00 bits per heavy atom. The molecule has 0 radical (unpaired) electrons. The minimum atomic E-state index is -4.45. The molecule has 3 rings (SSSR count). The van der Waals surface area contributed by atoms with E-state index in [1.54, 1.807) is 6.92 Å². The van der Waals surface area contributed by atoms with Gasteiger partial charge in [0.2, 0.25) is 0 Å². The number of amides is 1. The van der Waals surface area contributed by atoms with Crippen LogP contribution < -0.4 is 5.32 Å². The largest absolute Gasteiger partial charge is 0.416 e. The Bertz CT molecular complexity index is 634. The number of nitrogens with one attached hydrogen (secondary N) is 1. The first-order valence-electron chi connectivity index (χ1n) is 9.15. The number of halogens is 3. The van der Waals surface area contributed by atoms with Crippen LogP contribution in [0.2, 0.25) is 0 Å². The molecule has 7 heteroatoms.